The first-order valence-corrected chi connectivity index (χ1v) is 6.56. The molecule has 3 nitrogen and oxygen atoms in total. The third-order valence-corrected chi connectivity index (χ3v) is 3.81. The molecule has 1 aliphatic carbocycles. The molecule has 4 heteroatoms. The molecule has 0 aromatic heterocycles. The number of carbonyl (C=O) groups excluding carboxylic acids is 1. The van der Waals surface area contributed by atoms with Crippen molar-refractivity contribution in [2.24, 2.45) is 17.6 Å². The van der Waals surface area contributed by atoms with E-state index in [1.54, 1.807) is 0 Å². The standard InChI is InChI=1S/C13H26N2O.ClH/c1-9-5-4-6-12(8-7-9)15-13(16)10(2)11(3)14;/h9-12H,4-8,14H2,1-3H3,(H,15,16);1H. The van der Waals surface area contributed by atoms with Gasteiger partial charge in [0.25, 0.3) is 0 Å². The Hall–Kier alpha value is -0.280. The van der Waals surface area contributed by atoms with Crippen LogP contribution >= 0.6 is 12.4 Å². The molecule has 1 saturated carbocycles. The maximum absolute atomic E-state index is 11.9. The monoisotopic (exact) mass is 262 g/mol. The molecule has 0 aromatic rings. The molecule has 0 spiro atoms. The average molecular weight is 263 g/mol. The summed E-state index contributed by atoms with van der Waals surface area (Å²) in [6, 6.07) is 0.309. The second kappa shape index (κ2) is 7.93. The van der Waals surface area contributed by atoms with Gasteiger partial charge in [-0.1, -0.05) is 26.7 Å². The molecule has 4 atom stereocenters. The first-order valence-electron chi connectivity index (χ1n) is 6.56. The van der Waals surface area contributed by atoms with Crippen LogP contribution in [-0.2, 0) is 4.79 Å². The number of rotatable bonds is 3. The van der Waals surface area contributed by atoms with Gasteiger partial charge < -0.3 is 11.1 Å². The maximum atomic E-state index is 11.9. The lowest BCUT2D eigenvalue weighted by molar-refractivity contribution is -0.125. The van der Waals surface area contributed by atoms with Crippen LogP contribution in [0.15, 0.2) is 0 Å². The normalized spacial score (nSPS) is 28.5. The van der Waals surface area contributed by atoms with Crippen LogP contribution in [-0.4, -0.2) is 18.0 Å². The number of hydrogen-bond donors (Lipinski definition) is 2. The fourth-order valence-electron chi connectivity index (χ4n) is 2.20. The lowest BCUT2D eigenvalue weighted by Gasteiger charge is -2.21. The molecule has 102 valence electrons. The van der Waals surface area contributed by atoms with E-state index >= 15 is 0 Å². The molecule has 0 radical (unpaired) electrons. The van der Waals surface area contributed by atoms with Crippen molar-refractivity contribution in [3.05, 3.63) is 0 Å². The number of amides is 1. The molecule has 0 bridgehead atoms. The Labute approximate surface area is 111 Å². The second-order valence-corrected chi connectivity index (χ2v) is 5.47. The molecule has 0 aromatic carbocycles. The van der Waals surface area contributed by atoms with Crippen molar-refractivity contribution in [3.63, 3.8) is 0 Å². The second-order valence-electron chi connectivity index (χ2n) is 5.47. The van der Waals surface area contributed by atoms with E-state index in [1.165, 1.54) is 19.3 Å². The van der Waals surface area contributed by atoms with Crippen molar-refractivity contribution in [1.82, 2.24) is 5.32 Å². The van der Waals surface area contributed by atoms with Crippen LogP contribution in [0.1, 0.15) is 52.9 Å². The Morgan fingerprint density at radius 1 is 1.24 bits per heavy atom. The van der Waals surface area contributed by atoms with Crippen molar-refractivity contribution in [2.45, 2.75) is 65.0 Å². The molecule has 3 N–H and O–H groups in total. The zero-order valence-electron chi connectivity index (χ0n) is 11.2. The first kappa shape index (κ1) is 16.7. The Morgan fingerprint density at radius 2 is 1.88 bits per heavy atom. The molecule has 1 amide bonds. The largest absolute Gasteiger partial charge is 0.353 e. The Kier molecular flexibility index (Phi) is 7.80. The van der Waals surface area contributed by atoms with E-state index in [0.717, 1.165) is 18.8 Å². The predicted octanol–water partition coefficient (Wildman–Crippen LogP) is 2.48. The van der Waals surface area contributed by atoms with Gasteiger partial charge in [-0.05, 0) is 32.1 Å². The molecule has 1 fully saturated rings. The molecule has 0 aliphatic heterocycles. The van der Waals surface area contributed by atoms with Crippen LogP contribution in [0, 0.1) is 11.8 Å². The Bertz CT molecular complexity index is 233. The van der Waals surface area contributed by atoms with Gasteiger partial charge in [-0.25, -0.2) is 0 Å². The minimum Gasteiger partial charge on any atom is -0.353 e. The van der Waals surface area contributed by atoms with E-state index in [9.17, 15) is 4.79 Å². The minimum absolute atomic E-state index is 0. The molecule has 1 aliphatic rings. The summed E-state index contributed by atoms with van der Waals surface area (Å²) in [6.45, 7) is 6.09. The number of halogens is 1. The summed E-state index contributed by atoms with van der Waals surface area (Å²) in [7, 11) is 0. The van der Waals surface area contributed by atoms with Crippen molar-refractivity contribution < 1.29 is 4.79 Å². The third-order valence-electron chi connectivity index (χ3n) is 3.81. The fraction of sp³-hybridized carbons (Fsp3) is 0.923. The minimum atomic E-state index is -0.0827. The zero-order valence-corrected chi connectivity index (χ0v) is 12.1. The molecule has 17 heavy (non-hydrogen) atoms. The van der Waals surface area contributed by atoms with Gasteiger partial charge in [-0.3, -0.25) is 4.79 Å². The lowest BCUT2D eigenvalue weighted by Crippen LogP contribution is -2.43. The first-order chi connectivity index (χ1) is 7.50. The summed E-state index contributed by atoms with van der Waals surface area (Å²) in [5.74, 6) is 0.850. The summed E-state index contributed by atoms with van der Waals surface area (Å²) in [5, 5.41) is 3.14. The zero-order chi connectivity index (χ0) is 12.1. The smallest absolute Gasteiger partial charge is 0.224 e. The highest BCUT2D eigenvalue weighted by molar-refractivity contribution is 5.85. The van der Waals surface area contributed by atoms with E-state index in [-0.39, 0.29) is 30.3 Å². The highest BCUT2D eigenvalue weighted by atomic mass is 35.5. The Balaban J connectivity index is 0.00000256. The van der Waals surface area contributed by atoms with Crippen LogP contribution in [0.25, 0.3) is 0 Å². The number of nitrogens with two attached hydrogens (primary N) is 1. The molecular weight excluding hydrogens is 236 g/mol. The summed E-state index contributed by atoms with van der Waals surface area (Å²) in [4.78, 5) is 11.9. The van der Waals surface area contributed by atoms with E-state index < -0.39 is 0 Å². The summed E-state index contributed by atoms with van der Waals surface area (Å²) in [5.41, 5.74) is 5.73. The quantitative estimate of drug-likeness (QED) is 0.768. The van der Waals surface area contributed by atoms with Crippen molar-refractivity contribution in [1.29, 1.82) is 0 Å². The maximum Gasteiger partial charge on any atom is 0.224 e. The molecule has 0 heterocycles. The number of hydrogen-bond acceptors (Lipinski definition) is 2. The van der Waals surface area contributed by atoms with E-state index in [0.29, 0.717) is 6.04 Å². The molecule has 0 saturated heterocycles. The highest BCUT2D eigenvalue weighted by Gasteiger charge is 2.22. The SMILES string of the molecule is CC1CCCC(NC(=O)C(C)C(C)N)CC1.Cl. The van der Waals surface area contributed by atoms with Crippen molar-refractivity contribution in [2.75, 3.05) is 0 Å². The lowest BCUT2D eigenvalue weighted by atomic mass is 10.0. The van der Waals surface area contributed by atoms with Gasteiger partial charge in [0.2, 0.25) is 5.91 Å². The Morgan fingerprint density at radius 3 is 2.47 bits per heavy atom. The van der Waals surface area contributed by atoms with Gasteiger partial charge in [0.1, 0.15) is 0 Å². The predicted molar refractivity (Wildman–Crippen MR) is 74.2 cm³/mol. The molecule has 1 rings (SSSR count). The van der Waals surface area contributed by atoms with Gasteiger partial charge in [-0.15, -0.1) is 12.4 Å². The summed E-state index contributed by atoms with van der Waals surface area (Å²) in [6.07, 6.45) is 6.02. The highest BCUT2D eigenvalue weighted by Crippen LogP contribution is 2.22. The van der Waals surface area contributed by atoms with Gasteiger partial charge in [-0.2, -0.15) is 0 Å². The average Bonchev–Trinajstić information content (AvgIpc) is 2.42. The van der Waals surface area contributed by atoms with Crippen molar-refractivity contribution >= 4 is 18.3 Å². The number of nitrogens with one attached hydrogen (secondary N) is 1. The van der Waals surface area contributed by atoms with Crippen LogP contribution in [0.2, 0.25) is 0 Å². The topological polar surface area (TPSA) is 55.1 Å². The van der Waals surface area contributed by atoms with Gasteiger partial charge in [0.05, 0.1) is 0 Å². The van der Waals surface area contributed by atoms with Gasteiger partial charge in [0.15, 0.2) is 0 Å². The molecule has 4 unspecified atom stereocenters. The van der Waals surface area contributed by atoms with Crippen LogP contribution in [0.4, 0.5) is 0 Å². The van der Waals surface area contributed by atoms with E-state index in [4.69, 9.17) is 5.73 Å². The number of carbonyl (C=O) groups is 1. The van der Waals surface area contributed by atoms with Crippen LogP contribution < -0.4 is 11.1 Å². The molecular formula is C13H27ClN2O. The van der Waals surface area contributed by atoms with Gasteiger partial charge in [0, 0.05) is 18.0 Å². The summed E-state index contributed by atoms with van der Waals surface area (Å²) >= 11 is 0. The van der Waals surface area contributed by atoms with Crippen molar-refractivity contribution in [3.8, 4) is 0 Å². The third kappa shape index (κ3) is 5.73. The van der Waals surface area contributed by atoms with E-state index in [2.05, 4.69) is 12.2 Å². The van der Waals surface area contributed by atoms with Crippen LogP contribution in [0.3, 0.4) is 0 Å². The fourth-order valence-corrected chi connectivity index (χ4v) is 2.20. The van der Waals surface area contributed by atoms with E-state index in [1.807, 2.05) is 13.8 Å². The van der Waals surface area contributed by atoms with Crippen LogP contribution in [0.5, 0.6) is 0 Å². The summed E-state index contributed by atoms with van der Waals surface area (Å²) < 4.78 is 0. The van der Waals surface area contributed by atoms with Gasteiger partial charge >= 0.3 is 0 Å².